The lowest BCUT2D eigenvalue weighted by atomic mass is 9.87. The molecule has 49 heavy (non-hydrogen) atoms. The van der Waals surface area contributed by atoms with E-state index in [1.807, 2.05) is 11.3 Å². The van der Waals surface area contributed by atoms with Crippen molar-refractivity contribution in [3.63, 3.8) is 0 Å². The van der Waals surface area contributed by atoms with E-state index in [1.165, 1.54) is 86.1 Å². The van der Waals surface area contributed by atoms with Crippen molar-refractivity contribution in [3.05, 3.63) is 168 Å². The molecular formula is C47H34OS. The van der Waals surface area contributed by atoms with Gasteiger partial charge in [0.05, 0.1) is 0 Å². The Morgan fingerprint density at radius 2 is 1.24 bits per heavy atom. The second-order valence-electron chi connectivity index (χ2n) is 13.4. The number of rotatable bonds is 4. The zero-order valence-corrected chi connectivity index (χ0v) is 28.2. The molecule has 7 aromatic carbocycles. The fraction of sp³-hybridized carbons (Fsp3) is 0.106. The third-order valence-corrected chi connectivity index (χ3v) is 11.8. The third kappa shape index (κ3) is 4.51. The van der Waals surface area contributed by atoms with Crippen molar-refractivity contribution in [2.45, 2.75) is 26.2 Å². The molecule has 1 unspecified atom stereocenters. The summed E-state index contributed by atoms with van der Waals surface area (Å²) in [6, 6.07) is 49.1. The number of aryl methyl sites for hydroxylation is 1. The summed E-state index contributed by atoms with van der Waals surface area (Å²) in [7, 11) is 0. The van der Waals surface area contributed by atoms with Crippen molar-refractivity contribution in [3.8, 4) is 11.1 Å². The van der Waals surface area contributed by atoms with Crippen molar-refractivity contribution in [2.24, 2.45) is 5.92 Å². The lowest BCUT2D eigenvalue weighted by Crippen LogP contribution is -2.01. The highest BCUT2D eigenvalue weighted by molar-refractivity contribution is 7.26. The van der Waals surface area contributed by atoms with Gasteiger partial charge >= 0.3 is 0 Å². The van der Waals surface area contributed by atoms with Gasteiger partial charge in [0, 0.05) is 42.6 Å². The topological polar surface area (TPSA) is 13.1 Å². The van der Waals surface area contributed by atoms with Crippen molar-refractivity contribution in [1.82, 2.24) is 0 Å². The van der Waals surface area contributed by atoms with Gasteiger partial charge in [0.25, 0.3) is 0 Å². The van der Waals surface area contributed by atoms with E-state index in [1.54, 1.807) is 0 Å². The van der Waals surface area contributed by atoms with E-state index < -0.39 is 0 Å². The Hall–Kier alpha value is -5.44. The number of hydrogen-bond acceptors (Lipinski definition) is 2. The maximum Gasteiger partial charge on any atom is 0.138 e. The average Bonchev–Trinajstić information content (AvgIpc) is 3.74. The molecule has 0 spiro atoms. The van der Waals surface area contributed by atoms with Crippen LogP contribution in [-0.4, -0.2) is 0 Å². The highest BCUT2D eigenvalue weighted by atomic mass is 32.1. The van der Waals surface area contributed by atoms with Gasteiger partial charge in [-0.05, 0) is 92.9 Å². The Balaban J connectivity index is 1.14. The predicted molar refractivity (Wildman–Crippen MR) is 211 cm³/mol. The van der Waals surface area contributed by atoms with Crippen molar-refractivity contribution in [2.75, 3.05) is 0 Å². The van der Waals surface area contributed by atoms with Crippen LogP contribution in [0, 0.1) is 5.92 Å². The van der Waals surface area contributed by atoms with E-state index in [0.717, 1.165) is 30.6 Å². The monoisotopic (exact) mass is 646 g/mol. The minimum atomic E-state index is 0.280. The first-order valence-corrected chi connectivity index (χ1v) is 18.2. The minimum Gasteiger partial charge on any atom is -0.456 e. The maximum absolute atomic E-state index is 6.99. The molecule has 9 aromatic rings. The van der Waals surface area contributed by atoms with E-state index in [9.17, 15) is 0 Å². The standard InChI is InChI=1S/C47H34OS/c1-2-29-26-40(31-14-7-4-8-15-31)47-39(19-9-16-34(29)30-12-5-3-6-13-30)36-25-23-33(28-42(36)48-47)32-22-24-35-37-17-10-20-43-45(37)46-38(41(35)27-32)18-11-21-44(46)49-43/h3-8,10-18,20-29H,2,9,19H2,1H3/b34-16+,40-26-. The summed E-state index contributed by atoms with van der Waals surface area (Å²) < 4.78 is 9.71. The third-order valence-electron chi connectivity index (χ3n) is 10.7. The van der Waals surface area contributed by atoms with Crippen LogP contribution >= 0.6 is 11.3 Å². The van der Waals surface area contributed by atoms with Crippen molar-refractivity contribution >= 4 is 75.2 Å². The highest BCUT2D eigenvalue weighted by Crippen LogP contribution is 2.46. The number of furan rings is 1. The summed E-state index contributed by atoms with van der Waals surface area (Å²) in [5.74, 6) is 1.29. The molecule has 2 aromatic heterocycles. The second-order valence-corrected chi connectivity index (χ2v) is 14.4. The Morgan fingerprint density at radius 3 is 1.96 bits per heavy atom. The molecule has 0 fully saturated rings. The first kappa shape index (κ1) is 28.6. The zero-order chi connectivity index (χ0) is 32.5. The van der Waals surface area contributed by atoms with Crippen LogP contribution in [0.25, 0.3) is 75.0 Å². The summed E-state index contributed by atoms with van der Waals surface area (Å²) >= 11 is 1.90. The molecule has 0 N–H and O–H groups in total. The second kappa shape index (κ2) is 11.3. The molecule has 0 amide bonds. The van der Waals surface area contributed by atoms with Gasteiger partial charge in [-0.2, -0.15) is 0 Å². The summed E-state index contributed by atoms with van der Waals surface area (Å²) in [6.45, 7) is 2.29. The van der Waals surface area contributed by atoms with E-state index >= 15 is 0 Å². The molecule has 0 radical (unpaired) electrons. The highest BCUT2D eigenvalue weighted by Gasteiger charge is 2.24. The molecule has 0 saturated carbocycles. The molecule has 0 saturated heterocycles. The molecule has 1 aliphatic carbocycles. The average molecular weight is 647 g/mol. The van der Waals surface area contributed by atoms with Gasteiger partial charge < -0.3 is 4.42 Å². The first-order chi connectivity index (χ1) is 24.2. The molecule has 2 heterocycles. The SMILES string of the molecule is CCC1/C=C(/c2ccccc2)c2oc3cc(-c4ccc5c(c4)c4cccc6sc7cccc5c7c64)ccc3c2CC/C=C\1c1ccccc1. The molecule has 1 nitrogen and oxygen atoms in total. The molecule has 1 aliphatic rings. The molecule has 1 atom stereocenters. The fourth-order valence-electron chi connectivity index (χ4n) is 8.33. The van der Waals surface area contributed by atoms with Crippen molar-refractivity contribution < 1.29 is 4.42 Å². The largest absolute Gasteiger partial charge is 0.456 e. The Kier molecular flexibility index (Phi) is 6.60. The van der Waals surface area contributed by atoms with Gasteiger partial charge in [0.2, 0.25) is 0 Å². The Bertz CT molecular complexity index is 2740. The summed E-state index contributed by atoms with van der Waals surface area (Å²) in [5, 5.41) is 9.32. The molecule has 2 heteroatoms. The van der Waals surface area contributed by atoms with Crippen LogP contribution in [0.2, 0.25) is 0 Å². The van der Waals surface area contributed by atoms with Crippen LogP contribution in [-0.2, 0) is 6.42 Å². The van der Waals surface area contributed by atoms with Gasteiger partial charge in [0.1, 0.15) is 11.3 Å². The van der Waals surface area contributed by atoms with Crippen LogP contribution in [0.4, 0.5) is 0 Å². The minimum absolute atomic E-state index is 0.280. The normalized spacial score (nSPS) is 17.5. The molecular weight excluding hydrogens is 613 g/mol. The van der Waals surface area contributed by atoms with Gasteiger partial charge in [0.15, 0.2) is 0 Å². The van der Waals surface area contributed by atoms with Crippen LogP contribution in [0.3, 0.4) is 0 Å². The van der Waals surface area contributed by atoms with Gasteiger partial charge in [-0.15, -0.1) is 11.3 Å². The Morgan fingerprint density at radius 1 is 0.592 bits per heavy atom. The van der Waals surface area contributed by atoms with E-state index in [4.69, 9.17) is 4.42 Å². The number of hydrogen-bond donors (Lipinski definition) is 0. The predicted octanol–water partition coefficient (Wildman–Crippen LogP) is 13.7. The quantitative estimate of drug-likeness (QED) is 0.173. The van der Waals surface area contributed by atoms with Crippen LogP contribution in [0.15, 0.2) is 150 Å². The molecule has 0 bridgehead atoms. The van der Waals surface area contributed by atoms with E-state index in [0.29, 0.717) is 0 Å². The van der Waals surface area contributed by atoms with Crippen LogP contribution in [0.1, 0.15) is 42.2 Å². The molecule has 10 rings (SSSR count). The number of thiophene rings is 1. The van der Waals surface area contributed by atoms with E-state index in [2.05, 4.69) is 153 Å². The molecule has 234 valence electrons. The maximum atomic E-state index is 6.99. The number of fused-ring (bicyclic) bond motifs is 6. The summed E-state index contributed by atoms with van der Waals surface area (Å²) in [6.07, 6.45) is 7.84. The van der Waals surface area contributed by atoms with Crippen LogP contribution in [0.5, 0.6) is 0 Å². The molecule has 0 aliphatic heterocycles. The van der Waals surface area contributed by atoms with Gasteiger partial charge in [-0.3, -0.25) is 0 Å². The lowest BCUT2D eigenvalue weighted by Gasteiger charge is -2.18. The summed E-state index contributed by atoms with van der Waals surface area (Å²) in [5.41, 5.74) is 9.74. The summed E-state index contributed by atoms with van der Waals surface area (Å²) in [4.78, 5) is 0. The van der Waals surface area contributed by atoms with Crippen molar-refractivity contribution in [1.29, 1.82) is 0 Å². The van der Waals surface area contributed by atoms with Gasteiger partial charge in [-0.1, -0.05) is 128 Å². The Labute approximate surface area is 289 Å². The first-order valence-electron chi connectivity index (χ1n) is 17.4. The lowest BCUT2D eigenvalue weighted by molar-refractivity contribution is 0.594. The van der Waals surface area contributed by atoms with Gasteiger partial charge in [-0.25, -0.2) is 0 Å². The zero-order valence-electron chi connectivity index (χ0n) is 27.4. The fourth-order valence-corrected chi connectivity index (χ4v) is 9.49. The number of allylic oxidation sites excluding steroid dienone is 3. The smallest absolute Gasteiger partial charge is 0.138 e. The van der Waals surface area contributed by atoms with Crippen LogP contribution < -0.4 is 0 Å². The van der Waals surface area contributed by atoms with E-state index in [-0.39, 0.29) is 5.92 Å². The number of benzene rings is 7.